The number of nitrogens with zero attached hydrogens (tertiary/aromatic N) is 3. The van der Waals surface area contributed by atoms with E-state index in [2.05, 4.69) is 15.2 Å². The van der Waals surface area contributed by atoms with Crippen molar-refractivity contribution >= 4 is 28.8 Å². The molecule has 0 radical (unpaired) electrons. The van der Waals surface area contributed by atoms with Crippen LogP contribution in [0.3, 0.4) is 0 Å². The number of nitrogens with one attached hydrogen (secondary N) is 1. The van der Waals surface area contributed by atoms with Crippen LogP contribution in [0, 0.1) is 10.1 Å². The molecular weight excluding hydrogens is 326 g/mol. The molecule has 1 saturated heterocycles. The SMILES string of the molecule is Nc1ccc(C(=O)Nc2ccc(N3CCOCC3)nc2)cc1[N+](=O)[O-]. The molecular formula is C16H17N5O4. The molecule has 2 aromatic rings. The second kappa shape index (κ2) is 7.14. The van der Waals surface area contributed by atoms with Gasteiger partial charge in [0.15, 0.2) is 0 Å². The first-order valence-corrected chi connectivity index (χ1v) is 7.68. The van der Waals surface area contributed by atoms with Crippen molar-refractivity contribution in [2.75, 3.05) is 42.3 Å². The zero-order chi connectivity index (χ0) is 17.8. The number of nitrogen functional groups attached to an aromatic ring is 1. The van der Waals surface area contributed by atoms with E-state index in [0.29, 0.717) is 18.9 Å². The molecule has 1 amide bonds. The number of anilines is 3. The number of amides is 1. The van der Waals surface area contributed by atoms with Crippen molar-refractivity contribution in [3.8, 4) is 0 Å². The predicted molar refractivity (Wildman–Crippen MR) is 92.7 cm³/mol. The monoisotopic (exact) mass is 343 g/mol. The second-order valence-corrected chi connectivity index (χ2v) is 5.49. The van der Waals surface area contributed by atoms with Crippen molar-refractivity contribution in [2.24, 2.45) is 0 Å². The van der Waals surface area contributed by atoms with Crippen LogP contribution < -0.4 is 16.0 Å². The maximum absolute atomic E-state index is 12.3. The van der Waals surface area contributed by atoms with Crippen LogP contribution in [0.2, 0.25) is 0 Å². The maximum Gasteiger partial charge on any atom is 0.292 e. The van der Waals surface area contributed by atoms with Crippen LogP contribution in [0.5, 0.6) is 0 Å². The standard InChI is InChI=1S/C16H17N5O4/c17-13-3-1-11(9-14(13)21(23)24)16(22)19-12-2-4-15(18-10-12)20-5-7-25-8-6-20/h1-4,9-10H,5-8,17H2,(H,19,22). The van der Waals surface area contributed by atoms with Crippen LogP contribution in [0.4, 0.5) is 22.9 Å². The first kappa shape index (κ1) is 16.7. The number of nitrogens with two attached hydrogens (primary N) is 1. The minimum Gasteiger partial charge on any atom is -0.393 e. The summed E-state index contributed by atoms with van der Waals surface area (Å²) in [4.78, 5) is 29.0. The van der Waals surface area contributed by atoms with Gasteiger partial charge in [-0.3, -0.25) is 14.9 Å². The van der Waals surface area contributed by atoms with Gasteiger partial charge in [-0.2, -0.15) is 0 Å². The number of hydrogen-bond donors (Lipinski definition) is 2. The Bertz CT molecular complexity index is 788. The Morgan fingerprint density at radius 3 is 2.68 bits per heavy atom. The molecule has 0 bridgehead atoms. The van der Waals surface area contributed by atoms with E-state index in [4.69, 9.17) is 10.5 Å². The molecule has 0 unspecified atom stereocenters. The molecule has 2 heterocycles. The quantitative estimate of drug-likeness (QED) is 0.491. The van der Waals surface area contributed by atoms with Gasteiger partial charge in [-0.1, -0.05) is 0 Å². The number of rotatable bonds is 4. The van der Waals surface area contributed by atoms with Crippen molar-refractivity contribution < 1.29 is 14.5 Å². The molecule has 25 heavy (non-hydrogen) atoms. The lowest BCUT2D eigenvalue weighted by atomic mass is 10.1. The van der Waals surface area contributed by atoms with Gasteiger partial charge >= 0.3 is 0 Å². The first-order valence-electron chi connectivity index (χ1n) is 7.68. The molecule has 1 aromatic heterocycles. The molecule has 0 atom stereocenters. The number of nitro groups is 1. The summed E-state index contributed by atoms with van der Waals surface area (Å²) in [5, 5.41) is 13.6. The molecule has 130 valence electrons. The van der Waals surface area contributed by atoms with E-state index in [9.17, 15) is 14.9 Å². The largest absolute Gasteiger partial charge is 0.393 e. The van der Waals surface area contributed by atoms with Crippen LogP contribution >= 0.6 is 0 Å². The predicted octanol–water partition coefficient (Wildman–Crippen LogP) is 1.66. The Labute approximate surface area is 143 Å². The van der Waals surface area contributed by atoms with Crippen LogP contribution in [0.25, 0.3) is 0 Å². The van der Waals surface area contributed by atoms with Gasteiger partial charge in [0, 0.05) is 24.7 Å². The van der Waals surface area contributed by atoms with E-state index in [0.717, 1.165) is 25.0 Å². The average Bonchev–Trinajstić information content (AvgIpc) is 2.63. The minimum absolute atomic E-state index is 0.0121. The van der Waals surface area contributed by atoms with E-state index < -0.39 is 10.8 Å². The fourth-order valence-electron chi connectivity index (χ4n) is 2.49. The molecule has 3 N–H and O–H groups in total. The summed E-state index contributed by atoms with van der Waals surface area (Å²) in [5.41, 5.74) is 5.90. The molecule has 1 aliphatic heterocycles. The first-order chi connectivity index (χ1) is 12.0. The van der Waals surface area contributed by atoms with Crippen molar-refractivity contribution in [1.82, 2.24) is 4.98 Å². The van der Waals surface area contributed by atoms with E-state index in [1.54, 1.807) is 12.3 Å². The van der Waals surface area contributed by atoms with E-state index in [-0.39, 0.29) is 16.9 Å². The third-order valence-corrected chi connectivity index (χ3v) is 3.83. The number of carbonyl (C=O) groups excluding carboxylic acids is 1. The second-order valence-electron chi connectivity index (χ2n) is 5.49. The van der Waals surface area contributed by atoms with Crippen molar-refractivity contribution in [2.45, 2.75) is 0 Å². The number of ether oxygens (including phenoxy) is 1. The summed E-state index contributed by atoms with van der Waals surface area (Å²) in [7, 11) is 0. The summed E-state index contributed by atoms with van der Waals surface area (Å²) in [6, 6.07) is 7.48. The third kappa shape index (κ3) is 3.83. The highest BCUT2D eigenvalue weighted by atomic mass is 16.6. The van der Waals surface area contributed by atoms with Crippen molar-refractivity contribution in [3.63, 3.8) is 0 Å². The summed E-state index contributed by atoms with van der Waals surface area (Å²) < 4.78 is 5.30. The summed E-state index contributed by atoms with van der Waals surface area (Å²) >= 11 is 0. The number of aromatic nitrogens is 1. The Kier molecular flexibility index (Phi) is 4.75. The molecule has 3 rings (SSSR count). The highest BCUT2D eigenvalue weighted by molar-refractivity contribution is 6.05. The van der Waals surface area contributed by atoms with E-state index in [1.165, 1.54) is 12.1 Å². The smallest absolute Gasteiger partial charge is 0.292 e. The zero-order valence-electron chi connectivity index (χ0n) is 13.3. The van der Waals surface area contributed by atoms with E-state index >= 15 is 0 Å². The fourth-order valence-corrected chi connectivity index (χ4v) is 2.49. The number of pyridine rings is 1. The number of hydrogen-bond acceptors (Lipinski definition) is 7. The Morgan fingerprint density at radius 1 is 1.28 bits per heavy atom. The Hall–Kier alpha value is -3.20. The van der Waals surface area contributed by atoms with Gasteiger partial charge in [-0.15, -0.1) is 0 Å². The van der Waals surface area contributed by atoms with Gasteiger partial charge in [0.25, 0.3) is 11.6 Å². The number of carbonyl (C=O) groups is 1. The van der Waals surface area contributed by atoms with Crippen molar-refractivity contribution in [1.29, 1.82) is 0 Å². The van der Waals surface area contributed by atoms with E-state index in [1.807, 2.05) is 6.07 Å². The molecule has 9 nitrogen and oxygen atoms in total. The fraction of sp³-hybridized carbons (Fsp3) is 0.250. The lowest BCUT2D eigenvalue weighted by Gasteiger charge is -2.27. The highest BCUT2D eigenvalue weighted by Crippen LogP contribution is 2.23. The third-order valence-electron chi connectivity index (χ3n) is 3.83. The Morgan fingerprint density at radius 2 is 2.04 bits per heavy atom. The summed E-state index contributed by atoms with van der Waals surface area (Å²) in [6.07, 6.45) is 1.55. The zero-order valence-corrected chi connectivity index (χ0v) is 13.3. The molecule has 1 fully saturated rings. The molecule has 0 aliphatic carbocycles. The normalized spacial score (nSPS) is 14.2. The van der Waals surface area contributed by atoms with Crippen LogP contribution in [0.1, 0.15) is 10.4 Å². The number of nitro benzene ring substituents is 1. The maximum atomic E-state index is 12.3. The van der Waals surface area contributed by atoms with Crippen LogP contribution in [-0.2, 0) is 4.74 Å². The number of morpholine rings is 1. The average molecular weight is 343 g/mol. The lowest BCUT2D eigenvalue weighted by molar-refractivity contribution is -0.383. The molecule has 0 spiro atoms. The highest BCUT2D eigenvalue weighted by Gasteiger charge is 2.16. The molecule has 0 saturated carbocycles. The minimum atomic E-state index is -0.620. The van der Waals surface area contributed by atoms with Gasteiger partial charge in [-0.05, 0) is 24.3 Å². The van der Waals surface area contributed by atoms with Gasteiger partial charge < -0.3 is 20.7 Å². The van der Waals surface area contributed by atoms with Gasteiger partial charge in [0.2, 0.25) is 0 Å². The van der Waals surface area contributed by atoms with Gasteiger partial charge in [0.05, 0.1) is 30.0 Å². The van der Waals surface area contributed by atoms with Crippen LogP contribution in [0.15, 0.2) is 36.5 Å². The summed E-state index contributed by atoms with van der Waals surface area (Å²) in [5.74, 6) is 0.341. The summed E-state index contributed by atoms with van der Waals surface area (Å²) in [6.45, 7) is 2.87. The van der Waals surface area contributed by atoms with Crippen LogP contribution in [-0.4, -0.2) is 42.1 Å². The molecule has 9 heteroatoms. The topological polar surface area (TPSA) is 124 Å². The van der Waals surface area contributed by atoms with Gasteiger partial charge in [-0.25, -0.2) is 4.98 Å². The number of benzene rings is 1. The Balaban J connectivity index is 1.70. The lowest BCUT2D eigenvalue weighted by Crippen LogP contribution is -2.36. The van der Waals surface area contributed by atoms with Crippen molar-refractivity contribution in [3.05, 3.63) is 52.2 Å². The molecule has 1 aliphatic rings. The molecule has 1 aromatic carbocycles. The van der Waals surface area contributed by atoms with Gasteiger partial charge in [0.1, 0.15) is 11.5 Å².